The van der Waals surface area contributed by atoms with Gasteiger partial charge in [0.05, 0.1) is 17.1 Å². The first kappa shape index (κ1) is 11.2. The molecule has 1 aromatic carbocycles. The second kappa shape index (κ2) is 4.12. The highest BCUT2D eigenvalue weighted by Gasteiger charge is 2.19. The fraction of sp³-hybridized carbons (Fsp3) is 0.250. The summed E-state index contributed by atoms with van der Waals surface area (Å²) in [4.78, 5) is 0. The second-order valence-corrected chi connectivity index (χ2v) is 3.60. The highest BCUT2D eigenvalue weighted by Crippen LogP contribution is 2.37. The van der Waals surface area contributed by atoms with Crippen LogP contribution in [0, 0.1) is 5.82 Å². The SMILES string of the molecule is NC(CO)c1cc(Br)c(O)c(F)c1O. The largest absolute Gasteiger partial charge is 0.504 e. The van der Waals surface area contributed by atoms with E-state index in [0.29, 0.717) is 0 Å². The number of aliphatic hydroxyl groups excluding tert-OH is 1. The molecule has 1 unspecified atom stereocenters. The first-order valence-corrected chi connectivity index (χ1v) is 4.54. The van der Waals surface area contributed by atoms with Crippen LogP contribution in [0.5, 0.6) is 11.5 Å². The molecule has 0 aliphatic rings. The molecule has 0 heterocycles. The molecule has 0 aliphatic carbocycles. The number of nitrogens with two attached hydrogens (primary N) is 1. The average Bonchev–Trinajstić information content (AvgIpc) is 2.19. The van der Waals surface area contributed by atoms with Gasteiger partial charge in [-0.3, -0.25) is 0 Å². The maximum Gasteiger partial charge on any atom is 0.207 e. The van der Waals surface area contributed by atoms with Crippen molar-refractivity contribution >= 4 is 15.9 Å². The minimum absolute atomic E-state index is 0.0367. The topological polar surface area (TPSA) is 86.7 Å². The van der Waals surface area contributed by atoms with Crippen molar-refractivity contribution in [1.82, 2.24) is 0 Å². The predicted octanol–water partition coefficient (Wildman–Crippen LogP) is 0.991. The minimum Gasteiger partial charge on any atom is -0.504 e. The molecule has 0 spiro atoms. The van der Waals surface area contributed by atoms with Gasteiger partial charge >= 0.3 is 0 Å². The highest BCUT2D eigenvalue weighted by atomic mass is 79.9. The average molecular weight is 266 g/mol. The molecule has 14 heavy (non-hydrogen) atoms. The van der Waals surface area contributed by atoms with E-state index in [1.165, 1.54) is 6.07 Å². The molecule has 0 aliphatic heterocycles. The molecule has 1 aromatic rings. The first-order chi connectivity index (χ1) is 6.49. The van der Waals surface area contributed by atoms with Crippen molar-refractivity contribution in [3.63, 3.8) is 0 Å². The number of rotatable bonds is 2. The van der Waals surface area contributed by atoms with Crippen molar-refractivity contribution in [2.75, 3.05) is 6.61 Å². The van der Waals surface area contributed by atoms with E-state index in [1.54, 1.807) is 0 Å². The quantitative estimate of drug-likeness (QED) is 0.643. The number of aliphatic hydroxyl groups is 1. The van der Waals surface area contributed by atoms with Crippen LogP contribution in [-0.4, -0.2) is 21.9 Å². The monoisotopic (exact) mass is 265 g/mol. The molecule has 0 bridgehead atoms. The van der Waals surface area contributed by atoms with E-state index < -0.39 is 30.0 Å². The van der Waals surface area contributed by atoms with Gasteiger partial charge in [-0.15, -0.1) is 0 Å². The summed E-state index contributed by atoms with van der Waals surface area (Å²) in [6, 6.07) is 0.371. The third-order valence-electron chi connectivity index (χ3n) is 1.79. The number of benzene rings is 1. The first-order valence-electron chi connectivity index (χ1n) is 3.75. The molecule has 0 radical (unpaired) electrons. The fourth-order valence-electron chi connectivity index (χ4n) is 0.998. The van der Waals surface area contributed by atoms with Crippen molar-refractivity contribution in [3.8, 4) is 11.5 Å². The maximum atomic E-state index is 13.1. The molecule has 1 atom stereocenters. The Labute approximate surface area is 87.9 Å². The van der Waals surface area contributed by atoms with Crippen LogP contribution in [-0.2, 0) is 0 Å². The lowest BCUT2D eigenvalue weighted by atomic mass is 10.1. The summed E-state index contributed by atoms with van der Waals surface area (Å²) in [5.41, 5.74) is 5.44. The zero-order valence-electron chi connectivity index (χ0n) is 7.04. The van der Waals surface area contributed by atoms with E-state index in [0.717, 1.165) is 0 Å². The van der Waals surface area contributed by atoms with Crippen molar-refractivity contribution in [1.29, 1.82) is 0 Å². The summed E-state index contributed by atoms with van der Waals surface area (Å²) in [7, 11) is 0. The third-order valence-corrected chi connectivity index (χ3v) is 2.40. The Morgan fingerprint density at radius 2 is 2.00 bits per heavy atom. The predicted molar refractivity (Wildman–Crippen MR) is 51.4 cm³/mol. The molecule has 1 rings (SSSR count). The lowest BCUT2D eigenvalue weighted by Crippen LogP contribution is -2.15. The Morgan fingerprint density at radius 3 is 2.50 bits per heavy atom. The molecule has 0 fully saturated rings. The molecule has 6 heteroatoms. The zero-order valence-corrected chi connectivity index (χ0v) is 8.62. The van der Waals surface area contributed by atoms with Crippen molar-refractivity contribution in [3.05, 3.63) is 21.9 Å². The Balaban J connectivity index is 3.33. The van der Waals surface area contributed by atoms with Crippen LogP contribution in [0.2, 0.25) is 0 Å². The van der Waals surface area contributed by atoms with Crippen molar-refractivity contribution in [2.24, 2.45) is 5.73 Å². The normalized spacial score (nSPS) is 12.9. The second-order valence-electron chi connectivity index (χ2n) is 2.75. The molecule has 0 amide bonds. The molecule has 5 N–H and O–H groups in total. The van der Waals surface area contributed by atoms with E-state index >= 15 is 0 Å². The number of hydrogen-bond donors (Lipinski definition) is 4. The Morgan fingerprint density at radius 1 is 1.43 bits per heavy atom. The van der Waals surface area contributed by atoms with Crippen LogP contribution in [0.15, 0.2) is 10.5 Å². The maximum absolute atomic E-state index is 13.1. The molecule has 0 saturated heterocycles. The van der Waals surface area contributed by atoms with Gasteiger partial charge in [-0.1, -0.05) is 0 Å². The van der Waals surface area contributed by atoms with E-state index in [-0.39, 0.29) is 10.0 Å². The fourth-order valence-corrected chi connectivity index (χ4v) is 1.42. The van der Waals surface area contributed by atoms with Crippen LogP contribution in [0.1, 0.15) is 11.6 Å². The minimum atomic E-state index is -1.15. The standard InChI is InChI=1S/C8H9BrFNO3/c9-4-1-3(5(11)2-12)7(13)6(10)8(4)14/h1,5,12-14H,2,11H2. The summed E-state index contributed by atoms with van der Waals surface area (Å²) in [6.45, 7) is -0.426. The number of phenolic OH excluding ortho intramolecular Hbond substituents is 2. The molecule has 4 nitrogen and oxygen atoms in total. The van der Waals surface area contributed by atoms with Crippen LogP contribution < -0.4 is 5.73 Å². The molecule has 78 valence electrons. The van der Waals surface area contributed by atoms with Gasteiger partial charge in [0.1, 0.15) is 0 Å². The van der Waals surface area contributed by atoms with Gasteiger partial charge in [-0.2, -0.15) is 4.39 Å². The summed E-state index contributed by atoms with van der Waals surface area (Å²) < 4.78 is 13.2. The molecular weight excluding hydrogens is 257 g/mol. The Bertz CT molecular complexity index is 359. The number of phenols is 2. The molecule has 0 saturated carbocycles. The van der Waals surface area contributed by atoms with Crippen LogP contribution in [0.3, 0.4) is 0 Å². The third kappa shape index (κ3) is 1.82. The van der Waals surface area contributed by atoms with E-state index in [4.69, 9.17) is 15.9 Å². The smallest absolute Gasteiger partial charge is 0.207 e. The van der Waals surface area contributed by atoms with Crippen LogP contribution in [0.4, 0.5) is 4.39 Å². The van der Waals surface area contributed by atoms with Gasteiger partial charge in [0.15, 0.2) is 11.5 Å². The molecule has 0 aromatic heterocycles. The Kier molecular flexibility index (Phi) is 3.30. The van der Waals surface area contributed by atoms with Crippen LogP contribution in [0.25, 0.3) is 0 Å². The summed E-state index contributed by atoms with van der Waals surface area (Å²) in [5.74, 6) is -2.58. The Hall–Kier alpha value is -0.850. The van der Waals surface area contributed by atoms with Gasteiger partial charge in [-0.05, 0) is 22.0 Å². The zero-order chi connectivity index (χ0) is 10.9. The lowest BCUT2D eigenvalue weighted by Gasteiger charge is -2.12. The van der Waals surface area contributed by atoms with E-state index in [2.05, 4.69) is 15.9 Å². The van der Waals surface area contributed by atoms with Gasteiger partial charge in [-0.25, -0.2) is 0 Å². The number of halogens is 2. The lowest BCUT2D eigenvalue weighted by molar-refractivity contribution is 0.263. The summed E-state index contributed by atoms with van der Waals surface area (Å²) in [5, 5.41) is 27.1. The summed E-state index contributed by atoms with van der Waals surface area (Å²) >= 11 is 2.89. The van der Waals surface area contributed by atoms with E-state index in [1.807, 2.05) is 0 Å². The highest BCUT2D eigenvalue weighted by molar-refractivity contribution is 9.10. The molecular formula is C8H9BrFNO3. The van der Waals surface area contributed by atoms with Gasteiger partial charge in [0, 0.05) is 5.56 Å². The van der Waals surface area contributed by atoms with Crippen molar-refractivity contribution < 1.29 is 19.7 Å². The van der Waals surface area contributed by atoms with Gasteiger partial charge in [0.25, 0.3) is 0 Å². The number of hydrogen-bond acceptors (Lipinski definition) is 4. The van der Waals surface area contributed by atoms with Crippen LogP contribution >= 0.6 is 15.9 Å². The number of aromatic hydroxyl groups is 2. The van der Waals surface area contributed by atoms with Gasteiger partial charge in [0.2, 0.25) is 5.82 Å². The van der Waals surface area contributed by atoms with E-state index in [9.17, 15) is 9.50 Å². The van der Waals surface area contributed by atoms with Gasteiger partial charge < -0.3 is 21.1 Å². The summed E-state index contributed by atoms with van der Waals surface area (Å²) in [6.07, 6.45) is 0. The van der Waals surface area contributed by atoms with Crippen molar-refractivity contribution in [2.45, 2.75) is 6.04 Å².